The molecule has 106 valence electrons. The van der Waals surface area contributed by atoms with Crippen LogP contribution in [0.1, 0.15) is 52.9 Å². The number of sulfone groups is 1. The molecule has 0 bridgehead atoms. The van der Waals surface area contributed by atoms with E-state index in [0.717, 1.165) is 25.7 Å². The maximum absolute atomic E-state index is 12.2. The van der Waals surface area contributed by atoms with Gasteiger partial charge in [0, 0.05) is 18.4 Å². The van der Waals surface area contributed by atoms with Crippen LogP contribution in [0.5, 0.6) is 0 Å². The SMILES string of the molecule is CC(C)(C)S(=O)(=O)CCC(=O)C1(CN)CCCC1. The number of nitrogens with two attached hydrogens (primary N) is 1. The van der Waals surface area contributed by atoms with Crippen LogP contribution in [-0.2, 0) is 14.6 Å². The van der Waals surface area contributed by atoms with Gasteiger partial charge in [-0.25, -0.2) is 8.42 Å². The Morgan fingerprint density at radius 1 is 1.22 bits per heavy atom. The average molecular weight is 275 g/mol. The Morgan fingerprint density at radius 3 is 2.11 bits per heavy atom. The molecule has 1 aliphatic carbocycles. The van der Waals surface area contributed by atoms with Crippen molar-refractivity contribution in [2.45, 2.75) is 57.6 Å². The molecule has 1 aliphatic rings. The lowest BCUT2D eigenvalue weighted by atomic mass is 9.81. The third-order valence-electron chi connectivity index (χ3n) is 4.07. The Bertz CT molecular complexity index is 400. The topological polar surface area (TPSA) is 77.2 Å². The van der Waals surface area contributed by atoms with Crippen LogP contribution in [-0.4, -0.2) is 31.2 Å². The van der Waals surface area contributed by atoms with Crippen LogP contribution in [0.3, 0.4) is 0 Å². The molecule has 1 saturated carbocycles. The van der Waals surface area contributed by atoms with Crippen LogP contribution in [0.4, 0.5) is 0 Å². The summed E-state index contributed by atoms with van der Waals surface area (Å²) >= 11 is 0. The lowest BCUT2D eigenvalue weighted by Gasteiger charge is -2.26. The number of carbonyl (C=O) groups is 1. The molecular formula is C13H25NO3S. The molecule has 1 rings (SSSR count). The number of ketones is 1. The van der Waals surface area contributed by atoms with Crippen molar-refractivity contribution >= 4 is 15.6 Å². The Morgan fingerprint density at radius 2 is 1.72 bits per heavy atom. The lowest BCUT2D eigenvalue weighted by Crippen LogP contribution is -2.38. The van der Waals surface area contributed by atoms with Crippen molar-refractivity contribution in [3.8, 4) is 0 Å². The van der Waals surface area contributed by atoms with Gasteiger partial charge in [-0.2, -0.15) is 0 Å². The summed E-state index contributed by atoms with van der Waals surface area (Å²) in [6.45, 7) is 5.35. The van der Waals surface area contributed by atoms with Crippen LogP contribution < -0.4 is 5.73 Å². The molecule has 0 saturated heterocycles. The fourth-order valence-corrected chi connectivity index (χ4v) is 3.51. The molecule has 4 nitrogen and oxygen atoms in total. The molecule has 0 amide bonds. The van der Waals surface area contributed by atoms with Crippen molar-refractivity contribution < 1.29 is 13.2 Å². The van der Waals surface area contributed by atoms with Crippen molar-refractivity contribution in [1.82, 2.24) is 0 Å². The molecule has 18 heavy (non-hydrogen) atoms. The highest BCUT2D eigenvalue weighted by atomic mass is 32.2. The largest absolute Gasteiger partial charge is 0.329 e. The molecule has 0 unspecified atom stereocenters. The van der Waals surface area contributed by atoms with Gasteiger partial charge in [-0.15, -0.1) is 0 Å². The minimum Gasteiger partial charge on any atom is -0.329 e. The lowest BCUT2D eigenvalue weighted by molar-refractivity contribution is -0.127. The molecule has 0 radical (unpaired) electrons. The van der Waals surface area contributed by atoms with Gasteiger partial charge in [0.15, 0.2) is 9.84 Å². The van der Waals surface area contributed by atoms with E-state index >= 15 is 0 Å². The van der Waals surface area contributed by atoms with Crippen LogP contribution in [0, 0.1) is 5.41 Å². The summed E-state index contributed by atoms with van der Waals surface area (Å²) < 4.78 is 23.2. The summed E-state index contributed by atoms with van der Waals surface area (Å²) in [5.74, 6) is -0.0211. The first-order valence-corrected chi connectivity index (χ1v) is 8.25. The quantitative estimate of drug-likeness (QED) is 0.828. The molecule has 5 heteroatoms. The number of Topliss-reactive ketones (excluding diaryl/α,β-unsaturated/α-hetero) is 1. The van der Waals surface area contributed by atoms with Crippen LogP contribution in [0.2, 0.25) is 0 Å². The van der Waals surface area contributed by atoms with E-state index in [2.05, 4.69) is 0 Å². The second-order valence-corrected chi connectivity index (χ2v) is 9.16. The first-order chi connectivity index (χ1) is 8.15. The van der Waals surface area contributed by atoms with E-state index in [1.54, 1.807) is 20.8 Å². The monoisotopic (exact) mass is 275 g/mol. The van der Waals surface area contributed by atoms with Gasteiger partial charge in [0.2, 0.25) is 0 Å². The van der Waals surface area contributed by atoms with Crippen LogP contribution in [0.25, 0.3) is 0 Å². The van der Waals surface area contributed by atoms with Gasteiger partial charge in [0.25, 0.3) is 0 Å². The Balaban J connectivity index is 2.67. The highest BCUT2D eigenvalue weighted by molar-refractivity contribution is 7.92. The molecule has 1 fully saturated rings. The van der Waals surface area contributed by atoms with Gasteiger partial charge in [-0.3, -0.25) is 4.79 Å². The van der Waals surface area contributed by atoms with Crippen molar-refractivity contribution in [1.29, 1.82) is 0 Å². The van der Waals surface area contributed by atoms with E-state index in [9.17, 15) is 13.2 Å². The Kier molecular flexibility index (Phi) is 4.60. The summed E-state index contributed by atoms with van der Waals surface area (Å²) in [7, 11) is -3.22. The molecule has 0 aromatic rings. The zero-order valence-electron chi connectivity index (χ0n) is 11.7. The van der Waals surface area contributed by atoms with E-state index < -0.39 is 20.0 Å². The maximum atomic E-state index is 12.2. The molecule has 0 spiro atoms. The normalized spacial score (nSPS) is 20.0. The molecule has 0 heterocycles. The highest BCUT2D eigenvalue weighted by Crippen LogP contribution is 2.39. The Hall–Kier alpha value is -0.420. The molecule has 0 aliphatic heterocycles. The van der Waals surface area contributed by atoms with Gasteiger partial charge in [-0.05, 0) is 33.6 Å². The number of hydrogen-bond donors (Lipinski definition) is 1. The smallest absolute Gasteiger partial charge is 0.155 e. The number of hydrogen-bond acceptors (Lipinski definition) is 4. The molecule has 0 atom stereocenters. The van der Waals surface area contributed by atoms with E-state index in [1.807, 2.05) is 0 Å². The van der Waals surface area contributed by atoms with E-state index in [-0.39, 0.29) is 18.0 Å². The minimum absolute atomic E-state index is 0.0373. The second-order valence-electron chi connectivity index (χ2n) is 6.30. The molecule has 0 aromatic carbocycles. The van der Waals surface area contributed by atoms with Gasteiger partial charge in [-0.1, -0.05) is 12.8 Å². The van der Waals surface area contributed by atoms with Crippen molar-refractivity contribution in [2.24, 2.45) is 11.1 Å². The summed E-state index contributed by atoms with van der Waals surface area (Å²) in [4.78, 5) is 12.2. The summed E-state index contributed by atoms with van der Waals surface area (Å²) in [6, 6.07) is 0. The van der Waals surface area contributed by atoms with Crippen molar-refractivity contribution in [3.63, 3.8) is 0 Å². The molecule has 0 aromatic heterocycles. The third-order valence-corrected chi connectivity index (χ3v) is 6.68. The standard InChI is InChI=1S/C13H25NO3S/c1-12(2,3)18(16,17)9-6-11(15)13(10-14)7-4-5-8-13/h4-10,14H2,1-3H3. The van der Waals surface area contributed by atoms with E-state index in [4.69, 9.17) is 5.73 Å². The predicted molar refractivity (Wildman–Crippen MR) is 73.1 cm³/mol. The van der Waals surface area contributed by atoms with Gasteiger partial charge < -0.3 is 5.73 Å². The highest BCUT2D eigenvalue weighted by Gasteiger charge is 2.40. The molecular weight excluding hydrogens is 250 g/mol. The Labute approximate surface area is 110 Å². The fourth-order valence-electron chi connectivity index (χ4n) is 2.45. The minimum atomic E-state index is -3.22. The van der Waals surface area contributed by atoms with Crippen LogP contribution >= 0.6 is 0 Å². The third kappa shape index (κ3) is 3.12. The van der Waals surface area contributed by atoms with Crippen molar-refractivity contribution in [3.05, 3.63) is 0 Å². The zero-order valence-corrected chi connectivity index (χ0v) is 12.5. The molecule has 2 N–H and O–H groups in total. The van der Waals surface area contributed by atoms with Crippen molar-refractivity contribution in [2.75, 3.05) is 12.3 Å². The summed E-state index contributed by atoms with van der Waals surface area (Å²) in [6.07, 6.45) is 3.79. The van der Waals surface area contributed by atoms with Gasteiger partial charge >= 0.3 is 0 Å². The van der Waals surface area contributed by atoms with Gasteiger partial charge in [0.05, 0.1) is 10.5 Å². The number of carbonyl (C=O) groups excluding carboxylic acids is 1. The summed E-state index contributed by atoms with van der Waals surface area (Å²) in [5, 5.41) is 0. The maximum Gasteiger partial charge on any atom is 0.155 e. The second kappa shape index (κ2) is 5.29. The van der Waals surface area contributed by atoms with Crippen LogP contribution in [0.15, 0.2) is 0 Å². The van der Waals surface area contributed by atoms with E-state index in [0.29, 0.717) is 6.54 Å². The predicted octanol–water partition coefficient (Wildman–Crippen LogP) is 1.68. The first kappa shape index (κ1) is 15.6. The average Bonchev–Trinajstić information content (AvgIpc) is 2.74. The number of rotatable bonds is 5. The van der Waals surface area contributed by atoms with Gasteiger partial charge in [0.1, 0.15) is 5.78 Å². The summed E-state index contributed by atoms with van der Waals surface area (Å²) in [5.41, 5.74) is 5.29. The fraction of sp³-hybridized carbons (Fsp3) is 0.923. The first-order valence-electron chi connectivity index (χ1n) is 6.60. The zero-order chi connectivity index (χ0) is 14.0. The van der Waals surface area contributed by atoms with E-state index in [1.165, 1.54) is 0 Å².